The molecule has 2 atom stereocenters. The molecule has 0 saturated carbocycles. The fourth-order valence-corrected chi connectivity index (χ4v) is 3.48. The van der Waals surface area contributed by atoms with Gasteiger partial charge in [-0.15, -0.1) is 0 Å². The summed E-state index contributed by atoms with van der Waals surface area (Å²) < 4.78 is 38.7. The summed E-state index contributed by atoms with van der Waals surface area (Å²) in [6, 6.07) is 4.94. The van der Waals surface area contributed by atoms with Gasteiger partial charge in [-0.3, -0.25) is 4.79 Å². The van der Waals surface area contributed by atoms with Crippen LogP contribution in [0.4, 0.5) is 18.9 Å². The number of likely N-dealkylation sites (N-methyl/N-ethyl adjacent to an activating group) is 1. The third kappa shape index (κ3) is 2.31. The predicted molar refractivity (Wildman–Crippen MR) is 73.4 cm³/mol. The number of rotatable bonds is 0. The maximum absolute atomic E-state index is 12.9. The summed E-state index contributed by atoms with van der Waals surface area (Å²) in [5, 5.41) is 0. The number of piperidine rings is 1. The molecule has 2 aliphatic heterocycles. The standard InChI is InChI=1S/C15H17F3N2O/c1-9-3-4-12-10(7-9)11-8-19(2)6-5-13(11)20(12)14(21)15(16,17)18/h3-4,7,11,13H,5-6,8H2,1-2H3/t11-,13+/m1/s1. The Morgan fingerprint density at radius 1 is 1.33 bits per heavy atom. The van der Waals surface area contributed by atoms with Crippen LogP contribution in [0.25, 0.3) is 0 Å². The highest BCUT2D eigenvalue weighted by Crippen LogP contribution is 2.46. The molecule has 1 amide bonds. The molecule has 1 saturated heterocycles. The maximum Gasteiger partial charge on any atom is 0.471 e. The minimum absolute atomic E-state index is 0.0371. The van der Waals surface area contributed by atoms with E-state index < -0.39 is 12.1 Å². The first-order valence-electron chi connectivity index (χ1n) is 6.98. The smallest absolute Gasteiger partial charge is 0.306 e. The van der Waals surface area contributed by atoms with E-state index in [0.717, 1.165) is 16.0 Å². The first-order valence-corrected chi connectivity index (χ1v) is 6.98. The average Bonchev–Trinajstić information content (AvgIpc) is 2.70. The number of carbonyl (C=O) groups excluding carboxylic acids is 1. The van der Waals surface area contributed by atoms with Crippen molar-refractivity contribution in [2.24, 2.45) is 0 Å². The number of anilines is 1. The van der Waals surface area contributed by atoms with Crippen LogP contribution in [0.5, 0.6) is 0 Å². The Kier molecular flexibility index (Phi) is 3.24. The molecular formula is C15H17F3N2O. The largest absolute Gasteiger partial charge is 0.471 e. The molecule has 0 unspecified atom stereocenters. The normalized spacial score (nSPS) is 25.7. The van der Waals surface area contributed by atoms with E-state index in [-0.39, 0.29) is 12.0 Å². The van der Waals surface area contributed by atoms with Crippen molar-refractivity contribution in [3.05, 3.63) is 29.3 Å². The van der Waals surface area contributed by atoms with Crippen molar-refractivity contribution in [1.82, 2.24) is 4.90 Å². The minimum atomic E-state index is -4.83. The van der Waals surface area contributed by atoms with Crippen LogP contribution in [0.1, 0.15) is 23.5 Å². The highest BCUT2D eigenvalue weighted by Gasteiger charge is 2.51. The van der Waals surface area contributed by atoms with Gasteiger partial charge in [-0.2, -0.15) is 13.2 Å². The van der Waals surface area contributed by atoms with E-state index >= 15 is 0 Å². The summed E-state index contributed by atoms with van der Waals surface area (Å²) in [5.74, 6) is -1.78. The molecule has 0 spiro atoms. The molecule has 3 nitrogen and oxygen atoms in total. The average molecular weight is 298 g/mol. The molecule has 21 heavy (non-hydrogen) atoms. The molecule has 0 aliphatic carbocycles. The molecule has 1 aromatic rings. The summed E-state index contributed by atoms with van der Waals surface area (Å²) in [4.78, 5) is 14.9. The fraction of sp³-hybridized carbons (Fsp3) is 0.533. The molecule has 1 aromatic carbocycles. The number of hydrogen-bond acceptors (Lipinski definition) is 2. The number of hydrogen-bond donors (Lipinski definition) is 0. The first-order chi connectivity index (χ1) is 9.79. The third-order valence-corrected chi connectivity index (χ3v) is 4.41. The molecule has 114 valence electrons. The van der Waals surface area contributed by atoms with Gasteiger partial charge in [0.15, 0.2) is 0 Å². The van der Waals surface area contributed by atoms with Crippen molar-refractivity contribution in [2.75, 3.05) is 25.0 Å². The van der Waals surface area contributed by atoms with E-state index in [9.17, 15) is 18.0 Å². The zero-order valence-corrected chi connectivity index (χ0v) is 11.9. The first kappa shape index (κ1) is 14.4. The van der Waals surface area contributed by atoms with Crippen LogP contribution in [0.3, 0.4) is 0 Å². The van der Waals surface area contributed by atoms with Gasteiger partial charge < -0.3 is 9.80 Å². The number of fused-ring (bicyclic) bond motifs is 3. The van der Waals surface area contributed by atoms with Crippen LogP contribution in [0, 0.1) is 6.92 Å². The van der Waals surface area contributed by atoms with Crippen LogP contribution < -0.4 is 4.90 Å². The molecular weight excluding hydrogens is 281 g/mol. The van der Waals surface area contributed by atoms with Gasteiger partial charge in [0.05, 0.1) is 0 Å². The monoisotopic (exact) mass is 298 g/mol. The van der Waals surface area contributed by atoms with Crippen LogP contribution in [-0.4, -0.2) is 43.2 Å². The molecule has 0 radical (unpaired) electrons. The number of aryl methyl sites for hydroxylation is 1. The Morgan fingerprint density at radius 2 is 2.05 bits per heavy atom. The quantitative estimate of drug-likeness (QED) is 0.735. The van der Waals surface area contributed by atoms with Gasteiger partial charge in [0.25, 0.3) is 0 Å². The molecule has 3 rings (SSSR count). The molecule has 0 bridgehead atoms. The lowest BCUT2D eigenvalue weighted by atomic mass is 9.89. The Bertz CT molecular complexity index is 585. The van der Waals surface area contributed by atoms with E-state index in [1.54, 1.807) is 12.1 Å². The van der Waals surface area contributed by atoms with E-state index in [1.807, 2.05) is 20.0 Å². The predicted octanol–water partition coefficient (Wildman–Crippen LogP) is 2.69. The van der Waals surface area contributed by atoms with Gasteiger partial charge in [0, 0.05) is 24.2 Å². The van der Waals surface area contributed by atoms with Crippen molar-refractivity contribution in [3.63, 3.8) is 0 Å². The van der Waals surface area contributed by atoms with Crippen LogP contribution in [0.15, 0.2) is 18.2 Å². The van der Waals surface area contributed by atoms with E-state index in [1.165, 1.54) is 0 Å². The minimum Gasteiger partial charge on any atom is -0.306 e. The van der Waals surface area contributed by atoms with Crippen molar-refractivity contribution in [3.8, 4) is 0 Å². The van der Waals surface area contributed by atoms with Crippen molar-refractivity contribution >= 4 is 11.6 Å². The number of amides is 1. The fourth-order valence-electron chi connectivity index (χ4n) is 3.48. The van der Waals surface area contributed by atoms with E-state index in [4.69, 9.17) is 0 Å². The molecule has 1 fully saturated rings. The lowest BCUT2D eigenvalue weighted by Crippen LogP contribution is -2.50. The van der Waals surface area contributed by atoms with Gasteiger partial charge in [-0.1, -0.05) is 17.7 Å². The van der Waals surface area contributed by atoms with Crippen LogP contribution in [0.2, 0.25) is 0 Å². The molecule has 0 aromatic heterocycles. The van der Waals surface area contributed by atoms with Crippen LogP contribution in [-0.2, 0) is 4.79 Å². The van der Waals surface area contributed by atoms with Gasteiger partial charge in [-0.05, 0) is 38.6 Å². The summed E-state index contributed by atoms with van der Waals surface area (Å²) in [5.41, 5.74) is 2.29. The Labute approximate surface area is 121 Å². The van der Waals surface area contributed by atoms with Gasteiger partial charge >= 0.3 is 12.1 Å². The molecule has 2 heterocycles. The van der Waals surface area contributed by atoms with Crippen molar-refractivity contribution in [1.29, 1.82) is 0 Å². The Morgan fingerprint density at radius 3 is 2.71 bits per heavy atom. The number of benzene rings is 1. The Hall–Kier alpha value is -1.56. The van der Waals surface area contributed by atoms with Crippen molar-refractivity contribution in [2.45, 2.75) is 31.5 Å². The summed E-state index contributed by atoms with van der Waals surface area (Å²) in [6.45, 7) is 3.30. The van der Waals surface area contributed by atoms with Crippen LogP contribution >= 0.6 is 0 Å². The second-order valence-electron chi connectivity index (χ2n) is 5.96. The maximum atomic E-state index is 12.9. The topological polar surface area (TPSA) is 23.6 Å². The number of carbonyl (C=O) groups is 1. The lowest BCUT2D eigenvalue weighted by molar-refractivity contribution is -0.171. The van der Waals surface area contributed by atoms with Gasteiger partial charge in [0.2, 0.25) is 0 Å². The van der Waals surface area contributed by atoms with Crippen molar-refractivity contribution < 1.29 is 18.0 Å². The SMILES string of the molecule is Cc1ccc2c(c1)[C@H]1CN(C)CC[C@@H]1N2C(=O)C(F)(F)F. The van der Waals surface area contributed by atoms with Gasteiger partial charge in [0.1, 0.15) is 0 Å². The summed E-state index contributed by atoms with van der Waals surface area (Å²) >= 11 is 0. The van der Waals surface area contributed by atoms with Gasteiger partial charge in [-0.25, -0.2) is 0 Å². The third-order valence-electron chi connectivity index (χ3n) is 4.41. The zero-order chi connectivity index (χ0) is 15.4. The number of nitrogens with zero attached hydrogens (tertiary/aromatic N) is 2. The zero-order valence-electron chi connectivity index (χ0n) is 11.9. The second kappa shape index (κ2) is 4.73. The number of alkyl halides is 3. The summed E-state index contributed by atoms with van der Waals surface area (Å²) in [7, 11) is 1.96. The Balaban J connectivity index is 2.07. The van der Waals surface area contributed by atoms with E-state index in [2.05, 4.69) is 4.90 Å². The van der Waals surface area contributed by atoms with E-state index in [0.29, 0.717) is 25.2 Å². The number of likely N-dealkylation sites (tertiary alicyclic amines) is 1. The molecule has 2 aliphatic rings. The molecule has 6 heteroatoms. The molecule has 0 N–H and O–H groups in total. The lowest BCUT2D eigenvalue weighted by Gasteiger charge is -2.36. The highest BCUT2D eigenvalue weighted by atomic mass is 19.4. The second-order valence-corrected chi connectivity index (χ2v) is 5.96. The summed E-state index contributed by atoms with van der Waals surface area (Å²) in [6.07, 6.45) is -4.27. The number of halogens is 3. The highest BCUT2D eigenvalue weighted by molar-refractivity contribution is 6.00.